The van der Waals surface area contributed by atoms with E-state index in [1.807, 2.05) is 0 Å². The van der Waals surface area contributed by atoms with E-state index in [0.717, 1.165) is 0 Å². The molecule has 0 aliphatic rings. The van der Waals surface area contributed by atoms with Crippen LogP contribution in [0.25, 0.3) is 0 Å². The summed E-state index contributed by atoms with van der Waals surface area (Å²) in [5, 5.41) is 0.219. The van der Waals surface area contributed by atoms with E-state index >= 15 is 0 Å². The van der Waals surface area contributed by atoms with Crippen LogP contribution in [-0.4, -0.2) is 147 Å². The number of ether oxygens (including phenoxy) is 10. The van der Waals surface area contributed by atoms with Crippen LogP contribution in [0.1, 0.15) is 20.8 Å². The summed E-state index contributed by atoms with van der Waals surface area (Å²) in [5.41, 5.74) is 0. The molecule has 0 aliphatic heterocycles. The first-order valence-electron chi connectivity index (χ1n) is 14.7. The molecule has 0 saturated heterocycles. The van der Waals surface area contributed by atoms with Crippen molar-refractivity contribution in [1.82, 2.24) is 0 Å². The molecule has 0 aliphatic carbocycles. The standard InChI is InChI=1S/C29H58O11Si/c1-7-8-30-9-10-31-11-12-32-13-14-33-15-16-34-17-18-35-19-20-36-21-22-37-23-24-38-25-26-39-27-28-40-41(5,6)29(2,3)4/h1H,8-28H2,2-6H3. The Balaban J connectivity index is 3.13. The quantitative estimate of drug-likeness (QED) is 0.0639. The molecule has 0 aromatic heterocycles. The van der Waals surface area contributed by atoms with Gasteiger partial charge in [0.2, 0.25) is 0 Å². The van der Waals surface area contributed by atoms with Gasteiger partial charge in [-0.3, -0.25) is 0 Å². The summed E-state index contributed by atoms with van der Waals surface area (Å²) in [6, 6.07) is 0. The first-order valence-corrected chi connectivity index (χ1v) is 17.6. The largest absolute Gasteiger partial charge is 0.414 e. The molecule has 0 bridgehead atoms. The summed E-state index contributed by atoms with van der Waals surface area (Å²) >= 11 is 0. The van der Waals surface area contributed by atoms with Gasteiger partial charge in [-0.15, -0.1) is 6.42 Å². The zero-order valence-electron chi connectivity index (χ0n) is 26.4. The fourth-order valence-corrected chi connectivity index (χ4v) is 3.71. The van der Waals surface area contributed by atoms with E-state index in [2.05, 4.69) is 39.8 Å². The van der Waals surface area contributed by atoms with Gasteiger partial charge in [-0.2, -0.15) is 0 Å². The van der Waals surface area contributed by atoms with Crippen LogP contribution in [-0.2, 0) is 51.8 Å². The second-order valence-corrected chi connectivity index (χ2v) is 15.2. The van der Waals surface area contributed by atoms with E-state index in [-0.39, 0.29) is 5.04 Å². The highest BCUT2D eigenvalue weighted by Gasteiger charge is 2.36. The molecule has 12 heteroatoms. The molecule has 11 nitrogen and oxygen atoms in total. The van der Waals surface area contributed by atoms with Gasteiger partial charge < -0.3 is 51.8 Å². The average molecular weight is 611 g/mol. The molecule has 41 heavy (non-hydrogen) atoms. The van der Waals surface area contributed by atoms with Crippen molar-refractivity contribution in [3.05, 3.63) is 0 Å². The van der Waals surface area contributed by atoms with Crippen LogP contribution in [0.4, 0.5) is 0 Å². The van der Waals surface area contributed by atoms with E-state index in [4.69, 9.17) is 58.2 Å². The average Bonchev–Trinajstić information content (AvgIpc) is 2.93. The molecule has 0 N–H and O–H groups in total. The lowest BCUT2D eigenvalue weighted by Crippen LogP contribution is -2.41. The van der Waals surface area contributed by atoms with Crippen molar-refractivity contribution < 1.29 is 51.8 Å². The molecule has 0 spiro atoms. The highest BCUT2D eigenvalue weighted by atomic mass is 28.4. The number of hydrogen-bond acceptors (Lipinski definition) is 11. The van der Waals surface area contributed by atoms with Gasteiger partial charge in [0.1, 0.15) is 6.61 Å². The SMILES string of the molecule is C#CCOCCOCCOCCOCCOCCOCCOCCOCCOCCOCCO[Si](C)(C)C(C)(C)C. The lowest BCUT2D eigenvalue weighted by Gasteiger charge is -2.36. The molecule has 0 heterocycles. The van der Waals surface area contributed by atoms with Crippen LogP contribution in [0.15, 0.2) is 0 Å². The van der Waals surface area contributed by atoms with Crippen molar-refractivity contribution >= 4 is 8.32 Å². The van der Waals surface area contributed by atoms with Crippen LogP contribution >= 0.6 is 0 Å². The van der Waals surface area contributed by atoms with Gasteiger partial charge >= 0.3 is 0 Å². The van der Waals surface area contributed by atoms with E-state index < -0.39 is 8.32 Å². The van der Waals surface area contributed by atoms with E-state index in [9.17, 15) is 0 Å². The van der Waals surface area contributed by atoms with E-state index in [0.29, 0.717) is 139 Å². The molecular formula is C29H58O11Si. The van der Waals surface area contributed by atoms with Crippen LogP contribution < -0.4 is 0 Å². The maximum atomic E-state index is 6.07. The van der Waals surface area contributed by atoms with E-state index in [1.165, 1.54) is 0 Å². The van der Waals surface area contributed by atoms with Crippen molar-refractivity contribution in [1.29, 1.82) is 0 Å². The molecule has 0 aromatic carbocycles. The van der Waals surface area contributed by atoms with Gasteiger partial charge in [0.05, 0.1) is 132 Å². The minimum atomic E-state index is -1.69. The molecule has 0 aromatic rings. The Labute approximate surface area is 250 Å². The maximum Gasteiger partial charge on any atom is 0.192 e. The summed E-state index contributed by atoms with van der Waals surface area (Å²) in [6.45, 7) is 22.1. The fourth-order valence-electron chi connectivity index (χ4n) is 2.68. The summed E-state index contributed by atoms with van der Waals surface area (Å²) in [4.78, 5) is 0. The molecule has 0 amide bonds. The lowest BCUT2D eigenvalue weighted by atomic mass is 10.2. The topological polar surface area (TPSA) is 102 Å². The number of hydrogen-bond donors (Lipinski definition) is 0. The van der Waals surface area contributed by atoms with Gasteiger partial charge in [-0.05, 0) is 18.1 Å². The van der Waals surface area contributed by atoms with Crippen molar-refractivity contribution in [3.8, 4) is 12.3 Å². The van der Waals surface area contributed by atoms with Gasteiger partial charge in [0.15, 0.2) is 8.32 Å². The Morgan fingerprint density at radius 2 is 0.634 bits per heavy atom. The molecule has 0 unspecified atom stereocenters. The summed E-state index contributed by atoms with van der Waals surface area (Å²) < 4.78 is 60.3. The minimum Gasteiger partial charge on any atom is -0.414 e. The van der Waals surface area contributed by atoms with Crippen molar-refractivity contribution in [2.45, 2.75) is 38.9 Å². The fraction of sp³-hybridized carbons (Fsp3) is 0.931. The Morgan fingerprint density at radius 1 is 0.415 bits per heavy atom. The third kappa shape index (κ3) is 29.2. The summed E-state index contributed by atoms with van der Waals surface area (Å²) in [5.74, 6) is 2.40. The lowest BCUT2D eigenvalue weighted by molar-refractivity contribution is -0.0264. The van der Waals surface area contributed by atoms with E-state index in [1.54, 1.807) is 0 Å². The monoisotopic (exact) mass is 610 g/mol. The second kappa shape index (κ2) is 29.4. The third-order valence-corrected chi connectivity index (χ3v) is 10.6. The molecule has 0 rings (SSSR count). The van der Waals surface area contributed by atoms with Gasteiger partial charge in [-0.1, -0.05) is 26.7 Å². The number of rotatable bonds is 32. The Morgan fingerprint density at radius 3 is 0.854 bits per heavy atom. The maximum absolute atomic E-state index is 6.07. The Hall–Kier alpha value is -0.663. The Bertz CT molecular complexity index is 582. The minimum absolute atomic E-state index is 0.219. The van der Waals surface area contributed by atoms with Gasteiger partial charge in [-0.25, -0.2) is 0 Å². The molecule has 0 radical (unpaired) electrons. The first kappa shape index (κ1) is 40.3. The molecule has 0 saturated carbocycles. The van der Waals surface area contributed by atoms with Crippen LogP contribution in [0.5, 0.6) is 0 Å². The first-order chi connectivity index (χ1) is 19.8. The second-order valence-electron chi connectivity index (χ2n) is 10.4. The van der Waals surface area contributed by atoms with Crippen LogP contribution in [0.3, 0.4) is 0 Å². The smallest absolute Gasteiger partial charge is 0.192 e. The molecule has 0 fully saturated rings. The predicted molar refractivity (Wildman–Crippen MR) is 160 cm³/mol. The molecule has 0 atom stereocenters. The summed E-state index contributed by atoms with van der Waals surface area (Å²) in [6.07, 6.45) is 5.08. The third-order valence-electron chi connectivity index (χ3n) is 6.03. The zero-order valence-corrected chi connectivity index (χ0v) is 27.4. The van der Waals surface area contributed by atoms with Crippen molar-refractivity contribution in [2.24, 2.45) is 0 Å². The normalized spacial score (nSPS) is 12.2. The number of terminal acetylenes is 1. The van der Waals surface area contributed by atoms with Crippen molar-refractivity contribution in [2.75, 3.05) is 139 Å². The summed E-state index contributed by atoms with van der Waals surface area (Å²) in [7, 11) is -1.69. The van der Waals surface area contributed by atoms with Gasteiger partial charge in [0.25, 0.3) is 0 Å². The zero-order chi connectivity index (χ0) is 30.3. The van der Waals surface area contributed by atoms with Crippen LogP contribution in [0, 0.1) is 12.3 Å². The molecular weight excluding hydrogens is 552 g/mol. The van der Waals surface area contributed by atoms with Crippen molar-refractivity contribution in [3.63, 3.8) is 0 Å². The Kier molecular flexibility index (Phi) is 28.9. The predicted octanol–water partition coefficient (Wildman–Crippen LogP) is 2.81. The highest BCUT2D eigenvalue weighted by molar-refractivity contribution is 6.74. The van der Waals surface area contributed by atoms with Gasteiger partial charge in [0, 0.05) is 0 Å². The highest BCUT2D eigenvalue weighted by Crippen LogP contribution is 2.36. The molecule has 244 valence electrons. The van der Waals surface area contributed by atoms with Crippen LogP contribution in [0.2, 0.25) is 18.1 Å².